The number of amides is 2. The number of methoxy groups -OCH3 is 2. The van der Waals surface area contributed by atoms with E-state index in [9.17, 15) is 14.0 Å². The molecule has 2 aromatic rings. The number of nitrogens with one attached hydrogen (secondary N) is 1. The monoisotopic (exact) mass is 388 g/mol. The highest BCUT2D eigenvalue weighted by Crippen LogP contribution is 2.27. The van der Waals surface area contributed by atoms with Crippen LogP contribution in [0.2, 0.25) is 0 Å². The number of carbonyl (C=O) groups is 2. The third kappa shape index (κ3) is 5.97. The predicted molar refractivity (Wildman–Crippen MR) is 105 cm³/mol. The van der Waals surface area contributed by atoms with Gasteiger partial charge in [-0.25, -0.2) is 4.39 Å². The number of nitrogens with zero attached hydrogens (tertiary/aromatic N) is 1. The summed E-state index contributed by atoms with van der Waals surface area (Å²) in [6.07, 6.45) is 0.795. The molecule has 0 atom stereocenters. The van der Waals surface area contributed by atoms with Gasteiger partial charge in [0.05, 0.1) is 14.2 Å². The van der Waals surface area contributed by atoms with E-state index in [1.807, 2.05) is 18.2 Å². The molecule has 0 aliphatic carbocycles. The lowest BCUT2D eigenvalue weighted by Crippen LogP contribution is -2.34. The first-order valence-electron chi connectivity index (χ1n) is 8.96. The lowest BCUT2D eigenvalue weighted by atomic mass is 10.1. The first-order chi connectivity index (χ1) is 13.4. The number of benzene rings is 2. The van der Waals surface area contributed by atoms with Crippen molar-refractivity contribution in [3.05, 3.63) is 53.8 Å². The number of ether oxygens (including phenoxy) is 2. The molecule has 7 heteroatoms. The standard InChI is InChI=1S/C21H25FN2O4/c1-15(25)24(18-7-5-17(22)6-8-18)13-11-21(26)23-12-10-16-4-9-19(27-2)20(14-16)28-3/h4-9,14H,10-13H2,1-3H3,(H,23,26). The summed E-state index contributed by atoms with van der Waals surface area (Å²) in [5, 5.41) is 2.84. The molecule has 0 unspecified atom stereocenters. The van der Waals surface area contributed by atoms with Crippen LogP contribution >= 0.6 is 0 Å². The second-order valence-corrected chi connectivity index (χ2v) is 6.19. The van der Waals surface area contributed by atoms with Gasteiger partial charge in [-0.3, -0.25) is 9.59 Å². The summed E-state index contributed by atoms with van der Waals surface area (Å²) in [6.45, 7) is 2.10. The van der Waals surface area contributed by atoms with Crippen LogP contribution in [0.1, 0.15) is 18.9 Å². The summed E-state index contributed by atoms with van der Waals surface area (Å²) in [4.78, 5) is 25.4. The predicted octanol–water partition coefficient (Wildman–Crippen LogP) is 2.94. The minimum atomic E-state index is -0.375. The van der Waals surface area contributed by atoms with Gasteiger partial charge in [-0.05, 0) is 48.4 Å². The van der Waals surface area contributed by atoms with Gasteiger partial charge in [-0.15, -0.1) is 0 Å². The van der Waals surface area contributed by atoms with Crippen molar-refractivity contribution in [2.24, 2.45) is 0 Å². The topological polar surface area (TPSA) is 67.9 Å². The summed E-state index contributed by atoms with van der Waals surface area (Å²) in [5.41, 5.74) is 1.57. The Balaban J connectivity index is 1.83. The maximum Gasteiger partial charge on any atom is 0.223 e. The Labute approximate surface area is 164 Å². The molecule has 0 bridgehead atoms. The smallest absolute Gasteiger partial charge is 0.223 e. The maximum atomic E-state index is 13.1. The van der Waals surface area contributed by atoms with Gasteiger partial charge >= 0.3 is 0 Å². The molecule has 0 fully saturated rings. The van der Waals surface area contributed by atoms with Crippen LogP contribution in [0.4, 0.5) is 10.1 Å². The zero-order valence-electron chi connectivity index (χ0n) is 16.3. The molecule has 0 heterocycles. The van der Waals surface area contributed by atoms with Crippen LogP contribution in [-0.2, 0) is 16.0 Å². The fourth-order valence-corrected chi connectivity index (χ4v) is 2.77. The summed E-state index contributed by atoms with van der Waals surface area (Å²) in [7, 11) is 3.15. The fourth-order valence-electron chi connectivity index (χ4n) is 2.77. The molecular weight excluding hydrogens is 363 g/mol. The molecular formula is C21H25FN2O4. The number of hydrogen-bond acceptors (Lipinski definition) is 4. The van der Waals surface area contributed by atoms with E-state index in [0.717, 1.165) is 5.56 Å². The number of rotatable bonds is 9. The van der Waals surface area contributed by atoms with Gasteiger partial charge in [0.15, 0.2) is 11.5 Å². The molecule has 2 aromatic carbocycles. The third-order valence-corrected chi connectivity index (χ3v) is 4.26. The number of halogens is 1. The molecule has 150 valence electrons. The van der Waals surface area contributed by atoms with Crippen LogP contribution in [0.15, 0.2) is 42.5 Å². The molecule has 28 heavy (non-hydrogen) atoms. The Bertz CT molecular complexity index is 809. The number of anilines is 1. The lowest BCUT2D eigenvalue weighted by molar-refractivity contribution is -0.121. The summed E-state index contributed by atoms with van der Waals surface area (Å²) >= 11 is 0. The minimum Gasteiger partial charge on any atom is -0.493 e. The molecule has 0 spiro atoms. The van der Waals surface area contributed by atoms with Gasteiger partial charge in [0.25, 0.3) is 0 Å². The van der Waals surface area contributed by atoms with Crippen molar-refractivity contribution in [2.45, 2.75) is 19.8 Å². The summed E-state index contributed by atoms with van der Waals surface area (Å²) in [6, 6.07) is 11.2. The Morgan fingerprint density at radius 2 is 1.71 bits per heavy atom. The molecule has 0 saturated carbocycles. The van der Waals surface area contributed by atoms with Crippen molar-refractivity contribution in [1.29, 1.82) is 0 Å². The lowest BCUT2D eigenvalue weighted by Gasteiger charge is -2.21. The van der Waals surface area contributed by atoms with Crippen LogP contribution in [-0.4, -0.2) is 39.1 Å². The number of carbonyl (C=O) groups excluding carboxylic acids is 2. The van der Waals surface area contributed by atoms with Gasteiger partial charge in [0.2, 0.25) is 11.8 Å². The maximum absolute atomic E-state index is 13.1. The van der Waals surface area contributed by atoms with Crippen molar-refractivity contribution in [2.75, 3.05) is 32.2 Å². The Morgan fingerprint density at radius 3 is 2.32 bits per heavy atom. The quantitative estimate of drug-likeness (QED) is 0.717. The highest BCUT2D eigenvalue weighted by molar-refractivity contribution is 5.92. The normalized spacial score (nSPS) is 10.3. The van der Waals surface area contributed by atoms with Crippen LogP contribution in [0.5, 0.6) is 11.5 Å². The summed E-state index contributed by atoms with van der Waals surface area (Å²) < 4.78 is 23.5. The van der Waals surface area contributed by atoms with Crippen molar-refractivity contribution >= 4 is 17.5 Å². The van der Waals surface area contributed by atoms with Gasteiger partial charge in [-0.2, -0.15) is 0 Å². The second-order valence-electron chi connectivity index (χ2n) is 6.19. The molecule has 6 nitrogen and oxygen atoms in total. The second kappa shape index (κ2) is 10.3. The van der Waals surface area contributed by atoms with E-state index in [2.05, 4.69) is 5.32 Å². The van der Waals surface area contributed by atoms with E-state index in [1.165, 1.54) is 36.1 Å². The average molecular weight is 388 g/mol. The molecule has 0 aromatic heterocycles. The van der Waals surface area contributed by atoms with Crippen LogP contribution < -0.4 is 19.7 Å². The first kappa shape index (κ1) is 21.2. The van der Waals surface area contributed by atoms with Crippen LogP contribution in [0.3, 0.4) is 0 Å². The van der Waals surface area contributed by atoms with Crippen molar-refractivity contribution in [3.63, 3.8) is 0 Å². The highest BCUT2D eigenvalue weighted by Gasteiger charge is 2.13. The molecule has 2 amide bonds. The zero-order chi connectivity index (χ0) is 20.5. The molecule has 0 aliphatic heterocycles. The Hall–Kier alpha value is -3.09. The Kier molecular flexibility index (Phi) is 7.80. The molecule has 0 radical (unpaired) electrons. The van der Waals surface area contributed by atoms with E-state index in [-0.39, 0.29) is 30.6 Å². The third-order valence-electron chi connectivity index (χ3n) is 4.26. The minimum absolute atomic E-state index is 0.156. The van der Waals surface area contributed by atoms with E-state index in [4.69, 9.17) is 9.47 Å². The van der Waals surface area contributed by atoms with E-state index in [1.54, 1.807) is 14.2 Å². The van der Waals surface area contributed by atoms with Gasteiger partial charge in [0.1, 0.15) is 5.82 Å². The van der Waals surface area contributed by atoms with Crippen LogP contribution in [0.25, 0.3) is 0 Å². The molecule has 1 N–H and O–H groups in total. The Morgan fingerprint density at radius 1 is 1.04 bits per heavy atom. The molecule has 2 rings (SSSR count). The van der Waals surface area contributed by atoms with Gasteiger partial charge in [-0.1, -0.05) is 6.07 Å². The first-order valence-corrected chi connectivity index (χ1v) is 8.96. The van der Waals surface area contributed by atoms with Gasteiger partial charge < -0.3 is 19.7 Å². The zero-order valence-corrected chi connectivity index (χ0v) is 16.3. The van der Waals surface area contributed by atoms with Crippen molar-refractivity contribution < 1.29 is 23.5 Å². The van der Waals surface area contributed by atoms with E-state index in [0.29, 0.717) is 30.2 Å². The van der Waals surface area contributed by atoms with Crippen molar-refractivity contribution in [1.82, 2.24) is 5.32 Å². The molecule has 0 aliphatic rings. The SMILES string of the molecule is COc1ccc(CCNC(=O)CCN(C(C)=O)c2ccc(F)cc2)cc1OC. The van der Waals surface area contributed by atoms with E-state index >= 15 is 0 Å². The van der Waals surface area contributed by atoms with Crippen LogP contribution in [0, 0.1) is 5.82 Å². The highest BCUT2D eigenvalue weighted by atomic mass is 19.1. The largest absolute Gasteiger partial charge is 0.493 e. The van der Waals surface area contributed by atoms with E-state index < -0.39 is 0 Å². The number of hydrogen-bond donors (Lipinski definition) is 1. The molecule has 0 saturated heterocycles. The fraction of sp³-hybridized carbons (Fsp3) is 0.333. The van der Waals surface area contributed by atoms with Crippen molar-refractivity contribution in [3.8, 4) is 11.5 Å². The van der Waals surface area contributed by atoms with Gasteiger partial charge in [0, 0.05) is 32.1 Å². The average Bonchev–Trinajstić information content (AvgIpc) is 2.69. The summed E-state index contributed by atoms with van der Waals surface area (Å²) in [5.74, 6) is 0.557.